The predicted molar refractivity (Wildman–Crippen MR) is 107 cm³/mol. The van der Waals surface area contributed by atoms with Crippen LogP contribution in [0.15, 0.2) is 24.3 Å². The highest BCUT2D eigenvalue weighted by Gasteiger charge is 2.12. The van der Waals surface area contributed by atoms with E-state index in [-0.39, 0.29) is 18.3 Å². The number of nitrogens with zero attached hydrogens (tertiary/aromatic N) is 1. The van der Waals surface area contributed by atoms with Crippen molar-refractivity contribution in [2.45, 2.75) is 39.0 Å². The summed E-state index contributed by atoms with van der Waals surface area (Å²) in [4.78, 5) is 17.6. The molecule has 3 N–H and O–H groups in total. The summed E-state index contributed by atoms with van der Waals surface area (Å²) in [5.74, 6) is 0.840. The van der Waals surface area contributed by atoms with Crippen molar-refractivity contribution < 1.29 is 9.53 Å². The Morgan fingerprint density at radius 3 is 2.52 bits per heavy atom. The molecule has 2 aromatic rings. The van der Waals surface area contributed by atoms with Crippen LogP contribution in [0.5, 0.6) is 5.75 Å². The zero-order valence-corrected chi connectivity index (χ0v) is 16.3. The number of nitrogens with two attached hydrogens (primary N) is 1. The smallest absolute Gasteiger partial charge is 0.226 e. The number of unbranched alkanes of at least 4 members (excludes halogenated alkanes) is 3. The van der Waals surface area contributed by atoms with E-state index in [1.54, 1.807) is 7.11 Å². The van der Waals surface area contributed by atoms with Crippen LogP contribution < -0.4 is 15.8 Å². The molecule has 0 bridgehead atoms. The number of thiazole rings is 1. The van der Waals surface area contributed by atoms with Crippen molar-refractivity contribution >= 4 is 34.8 Å². The number of nitrogens with one attached hydrogen (secondary N) is 1. The van der Waals surface area contributed by atoms with Gasteiger partial charge in [0.2, 0.25) is 5.91 Å². The topological polar surface area (TPSA) is 77.2 Å². The van der Waals surface area contributed by atoms with Crippen LogP contribution in [-0.2, 0) is 4.79 Å². The predicted octanol–water partition coefficient (Wildman–Crippen LogP) is 4.40. The third-order valence-electron chi connectivity index (χ3n) is 3.76. The Balaban J connectivity index is 0.00000312. The number of methoxy groups -OCH3 is 1. The summed E-state index contributed by atoms with van der Waals surface area (Å²) in [6.45, 7) is 2.73. The number of carbonyl (C=O) groups excluding carboxylic acids is 1. The Bertz CT molecular complexity index is 659. The van der Waals surface area contributed by atoms with E-state index in [9.17, 15) is 4.79 Å². The first kappa shape index (κ1) is 21.4. The molecule has 1 aromatic heterocycles. The lowest BCUT2D eigenvalue weighted by Gasteiger charge is -2.02. The highest BCUT2D eigenvalue weighted by Crippen LogP contribution is 2.31. The average Bonchev–Trinajstić information content (AvgIpc) is 2.95. The van der Waals surface area contributed by atoms with Gasteiger partial charge in [0.1, 0.15) is 5.75 Å². The van der Waals surface area contributed by atoms with E-state index in [1.165, 1.54) is 11.3 Å². The van der Waals surface area contributed by atoms with Crippen molar-refractivity contribution in [1.82, 2.24) is 4.98 Å². The molecule has 1 amide bonds. The summed E-state index contributed by atoms with van der Waals surface area (Å²) in [5, 5.41) is 3.56. The maximum absolute atomic E-state index is 12.0. The number of hydrogen-bond acceptors (Lipinski definition) is 5. The van der Waals surface area contributed by atoms with E-state index >= 15 is 0 Å². The molecule has 0 fully saturated rings. The molecular weight excluding hydrogens is 358 g/mol. The Kier molecular flexibility index (Phi) is 9.49. The summed E-state index contributed by atoms with van der Waals surface area (Å²) >= 11 is 1.50. The van der Waals surface area contributed by atoms with Crippen LogP contribution >= 0.6 is 23.7 Å². The van der Waals surface area contributed by atoms with Gasteiger partial charge in [0, 0.05) is 16.9 Å². The van der Waals surface area contributed by atoms with Gasteiger partial charge in [-0.3, -0.25) is 4.79 Å². The minimum Gasteiger partial charge on any atom is -0.497 e. The molecule has 1 heterocycles. The number of benzene rings is 1. The minimum absolute atomic E-state index is 0. The summed E-state index contributed by atoms with van der Waals surface area (Å²) in [5.41, 5.74) is 7.38. The number of carbonyl (C=O) groups is 1. The fraction of sp³-hybridized carbons (Fsp3) is 0.444. The summed E-state index contributed by atoms with van der Waals surface area (Å²) in [6, 6.07) is 7.77. The Labute approximate surface area is 159 Å². The number of ether oxygens (including phenoxy) is 1. The number of aryl methyl sites for hydroxylation is 1. The quantitative estimate of drug-likeness (QED) is 0.629. The summed E-state index contributed by atoms with van der Waals surface area (Å²) < 4.78 is 5.17. The van der Waals surface area contributed by atoms with Gasteiger partial charge < -0.3 is 15.8 Å². The first-order valence-corrected chi connectivity index (χ1v) is 9.07. The van der Waals surface area contributed by atoms with Crippen LogP contribution in [-0.4, -0.2) is 24.5 Å². The van der Waals surface area contributed by atoms with E-state index in [1.807, 2.05) is 31.2 Å². The molecule has 2 rings (SSSR count). The van der Waals surface area contributed by atoms with Crippen LogP contribution in [0.4, 0.5) is 5.13 Å². The fourth-order valence-electron chi connectivity index (χ4n) is 2.43. The molecule has 0 aliphatic heterocycles. The highest BCUT2D eigenvalue weighted by atomic mass is 35.5. The molecular formula is C18H26ClN3O2S. The van der Waals surface area contributed by atoms with Crippen molar-refractivity contribution in [1.29, 1.82) is 0 Å². The molecule has 0 atom stereocenters. The molecule has 0 aliphatic rings. The third-order valence-corrected chi connectivity index (χ3v) is 4.65. The highest BCUT2D eigenvalue weighted by molar-refractivity contribution is 7.16. The van der Waals surface area contributed by atoms with Crippen molar-refractivity contribution in [3.63, 3.8) is 0 Å². The average molecular weight is 384 g/mol. The molecule has 0 radical (unpaired) electrons. The van der Waals surface area contributed by atoms with Crippen molar-refractivity contribution in [3.8, 4) is 17.0 Å². The lowest BCUT2D eigenvalue weighted by Crippen LogP contribution is -2.10. The monoisotopic (exact) mass is 383 g/mol. The van der Waals surface area contributed by atoms with Gasteiger partial charge in [-0.1, -0.05) is 12.8 Å². The Hall–Kier alpha value is -1.63. The van der Waals surface area contributed by atoms with E-state index in [0.29, 0.717) is 11.6 Å². The molecule has 138 valence electrons. The standard InChI is InChI=1S/C18H25N3O2S.ClH/c1-13-17(14-8-10-15(23-2)11-9-14)21-18(24-13)20-16(22)7-5-3-4-6-12-19;/h8-11H,3-7,12,19H2,1-2H3,(H,20,21,22);1H. The molecule has 0 unspecified atom stereocenters. The van der Waals surface area contributed by atoms with Gasteiger partial charge in [-0.05, 0) is 50.6 Å². The number of aromatic nitrogens is 1. The third kappa shape index (κ3) is 6.65. The lowest BCUT2D eigenvalue weighted by molar-refractivity contribution is -0.116. The van der Waals surface area contributed by atoms with Crippen LogP contribution in [0.25, 0.3) is 11.3 Å². The number of amides is 1. The largest absolute Gasteiger partial charge is 0.497 e. The normalized spacial score (nSPS) is 10.2. The fourth-order valence-corrected chi connectivity index (χ4v) is 3.28. The lowest BCUT2D eigenvalue weighted by atomic mass is 10.1. The zero-order valence-electron chi connectivity index (χ0n) is 14.7. The van der Waals surface area contributed by atoms with Crippen molar-refractivity contribution in [3.05, 3.63) is 29.1 Å². The van der Waals surface area contributed by atoms with Gasteiger partial charge in [0.25, 0.3) is 0 Å². The maximum Gasteiger partial charge on any atom is 0.226 e. The summed E-state index contributed by atoms with van der Waals surface area (Å²) in [7, 11) is 1.65. The van der Waals surface area contributed by atoms with E-state index in [4.69, 9.17) is 10.5 Å². The second-order valence-electron chi connectivity index (χ2n) is 5.65. The second-order valence-corrected chi connectivity index (χ2v) is 6.86. The zero-order chi connectivity index (χ0) is 17.4. The molecule has 7 heteroatoms. The Morgan fingerprint density at radius 2 is 1.88 bits per heavy atom. The van der Waals surface area contributed by atoms with Crippen LogP contribution in [0.2, 0.25) is 0 Å². The number of rotatable bonds is 9. The number of hydrogen-bond donors (Lipinski definition) is 2. The molecule has 1 aromatic carbocycles. The second kappa shape index (κ2) is 11.1. The van der Waals surface area contributed by atoms with Gasteiger partial charge in [0.15, 0.2) is 5.13 Å². The summed E-state index contributed by atoms with van der Waals surface area (Å²) in [6.07, 6.45) is 4.57. The van der Waals surface area contributed by atoms with E-state index in [0.717, 1.165) is 54.1 Å². The minimum atomic E-state index is 0. The maximum atomic E-state index is 12.0. The number of halogens is 1. The van der Waals surface area contributed by atoms with Crippen LogP contribution in [0, 0.1) is 6.92 Å². The Morgan fingerprint density at radius 1 is 1.20 bits per heavy atom. The molecule has 0 spiro atoms. The molecule has 5 nitrogen and oxygen atoms in total. The van der Waals surface area contributed by atoms with E-state index in [2.05, 4.69) is 10.3 Å². The first-order chi connectivity index (χ1) is 11.6. The van der Waals surface area contributed by atoms with E-state index < -0.39 is 0 Å². The first-order valence-electron chi connectivity index (χ1n) is 8.26. The van der Waals surface area contributed by atoms with Gasteiger partial charge in [-0.25, -0.2) is 4.98 Å². The number of anilines is 1. The van der Waals surface area contributed by atoms with Gasteiger partial charge in [0.05, 0.1) is 12.8 Å². The van der Waals surface area contributed by atoms with Crippen molar-refractivity contribution in [2.24, 2.45) is 5.73 Å². The van der Waals surface area contributed by atoms with Crippen LogP contribution in [0.1, 0.15) is 37.0 Å². The van der Waals surface area contributed by atoms with Gasteiger partial charge in [-0.2, -0.15) is 0 Å². The van der Waals surface area contributed by atoms with Crippen LogP contribution in [0.3, 0.4) is 0 Å². The molecule has 0 aliphatic carbocycles. The van der Waals surface area contributed by atoms with Crippen molar-refractivity contribution in [2.75, 3.05) is 19.0 Å². The van der Waals surface area contributed by atoms with Gasteiger partial charge >= 0.3 is 0 Å². The molecule has 0 saturated carbocycles. The molecule has 0 saturated heterocycles. The molecule has 25 heavy (non-hydrogen) atoms. The SMILES string of the molecule is COc1ccc(-c2nc(NC(=O)CCCCCCN)sc2C)cc1.Cl. The van der Waals surface area contributed by atoms with Gasteiger partial charge in [-0.15, -0.1) is 23.7 Å².